The van der Waals surface area contributed by atoms with E-state index in [-0.39, 0.29) is 11.9 Å². The summed E-state index contributed by atoms with van der Waals surface area (Å²) in [6, 6.07) is -0.133. The summed E-state index contributed by atoms with van der Waals surface area (Å²) in [4.78, 5) is 0. The summed E-state index contributed by atoms with van der Waals surface area (Å²) in [5, 5.41) is 0. The molecule has 0 aliphatic rings. The molecule has 7 heteroatoms. The van der Waals surface area contributed by atoms with Gasteiger partial charge in [-0.2, -0.15) is 22.9 Å². The van der Waals surface area contributed by atoms with Gasteiger partial charge >= 0.3 is 5.43 Å². The fourth-order valence-corrected chi connectivity index (χ4v) is 1.21. The van der Waals surface area contributed by atoms with Gasteiger partial charge in [0.15, 0.2) is 0 Å². The summed E-state index contributed by atoms with van der Waals surface area (Å²) in [5.74, 6) is -0.347. The lowest BCUT2D eigenvalue weighted by Crippen LogP contribution is -2.34. The molecule has 0 spiro atoms. The predicted molar refractivity (Wildman–Crippen MR) is 51.2 cm³/mol. The van der Waals surface area contributed by atoms with Gasteiger partial charge in [-0.15, -0.1) is 0 Å². The molecule has 0 saturated carbocycles. The number of hydrogen-bond donors (Lipinski definition) is 0. The molecule has 0 atom stereocenters. The van der Waals surface area contributed by atoms with Crippen LogP contribution < -0.4 is 0 Å². The minimum absolute atomic E-state index is 0.133. The highest BCUT2D eigenvalue weighted by atomic mass is 35.5. The Morgan fingerprint density at radius 1 is 1.11 bits per heavy atom. The quantitative estimate of drug-likeness (QED) is 0.618. The van der Waals surface area contributed by atoms with Gasteiger partial charge in [-0.05, 0) is 0 Å². The molecule has 0 aromatic heterocycles. The van der Waals surface area contributed by atoms with E-state index in [1.807, 2.05) is 6.92 Å². The first-order valence-electron chi connectivity index (χ1n) is 2.65. The maximum absolute atomic E-state index is 5.71. The molecule has 9 heavy (non-hydrogen) atoms. The van der Waals surface area contributed by atoms with Gasteiger partial charge in [0.1, 0.15) is 0 Å². The minimum atomic E-state index is -0.575. The third kappa shape index (κ3) is 3.92. The van der Waals surface area contributed by atoms with E-state index in [0.717, 1.165) is 6.32 Å². The Hall–Kier alpha value is 1.35. The largest absolute Gasteiger partial charge is 0.330 e. The van der Waals surface area contributed by atoms with Crippen LogP contribution in [0.4, 0.5) is 0 Å². The van der Waals surface area contributed by atoms with E-state index in [1.54, 1.807) is 0 Å². The molecule has 0 aliphatic heterocycles. The van der Waals surface area contributed by atoms with Gasteiger partial charge in [-0.1, -0.05) is 13.2 Å². The fourth-order valence-electron chi connectivity index (χ4n) is 0.383. The van der Waals surface area contributed by atoms with Crippen LogP contribution >= 0.6 is 45.8 Å². The van der Waals surface area contributed by atoms with Crippen LogP contribution in [-0.2, 0) is 0 Å². The topological polar surface area (TPSA) is 0 Å². The third-order valence-corrected chi connectivity index (χ3v) is 3.04. The fraction of sp³-hybridized carbons (Fsp3) is 1.00. The van der Waals surface area contributed by atoms with E-state index >= 15 is 0 Å². The van der Waals surface area contributed by atoms with E-state index in [2.05, 4.69) is 0 Å². The van der Waals surface area contributed by atoms with Crippen LogP contribution in [0.3, 0.4) is 0 Å². The zero-order chi connectivity index (χ0) is 7.44. The Bertz CT molecular complexity index is 78.2. The van der Waals surface area contributed by atoms with E-state index in [4.69, 9.17) is 45.8 Å². The van der Waals surface area contributed by atoms with Crippen LogP contribution in [0, 0.1) is 0 Å². The first-order valence-corrected chi connectivity index (χ1v) is 4.40. The van der Waals surface area contributed by atoms with Crippen LogP contribution in [-0.4, -0.2) is 17.4 Å². The number of hydrogen-bond acceptors (Lipinski definition) is 0. The second-order valence-corrected chi connectivity index (χ2v) is 3.93. The molecule has 0 fully saturated rings. The third-order valence-electron chi connectivity index (χ3n) is 0.976. The van der Waals surface area contributed by atoms with E-state index in [1.165, 1.54) is 0 Å². The lowest BCUT2D eigenvalue weighted by atomic mass is 9.23. The van der Waals surface area contributed by atoms with Crippen LogP contribution in [0.2, 0.25) is 6.32 Å². The van der Waals surface area contributed by atoms with Crippen LogP contribution in [0.15, 0.2) is 0 Å². The maximum Gasteiger partial charge on any atom is 0.330 e. The van der Waals surface area contributed by atoms with Gasteiger partial charge in [0.25, 0.3) is 0 Å². The summed E-state index contributed by atoms with van der Waals surface area (Å²) in [6.45, 7) is 1.93. The lowest BCUT2D eigenvalue weighted by molar-refractivity contribution is 1.47. The smallest absolute Gasteiger partial charge is 0.210 e. The van der Waals surface area contributed by atoms with Crippen LogP contribution in [0.1, 0.15) is 6.92 Å². The first-order chi connectivity index (χ1) is 4.09. The highest BCUT2D eigenvalue weighted by Gasteiger charge is 2.33. The molecule has 0 nitrogen and oxygen atoms in total. The Kier molecular flexibility index (Phi) is 5.83. The Morgan fingerprint density at radius 3 is 1.67 bits per heavy atom. The van der Waals surface area contributed by atoms with Gasteiger partial charge in [-0.25, -0.2) is 22.9 Å². The van der Waals surface area contributed by atoms with E-state index < -0.39 is 5.43 Å². The molecule has 0 saturated heterocycles. The average Bonchev–Trinajstić information content (AvgIpc) is 1.84. The highest BCUT2D eigenvalue weighted by Crippen LogP contribution is 2.13. The van der Waals surface area contributed by atoms with Crippen molar-refractivity contribution in [2.45, 2.75) is 13.2 Å². The summed E-state index contributed by atoms with van der Waals surface area (Å²) >= 11 is 22.3. The monoisotopic (exact) mass is 202 g/mol. The van der Waals surface area contributed by atoms with Crippen LogP contribution in [0.5, 0.6) is 0 Å². The highest BCUT2D eigenvalue weighted by molar-refractivity contribution is 7.86. The second-order valence-electron chi connectivity index (χ2n) is 1.70. The van der Waals surface area contributed by atoms with Crippen molar-refractivity contribution in [1.29, 1.82) is 0 Å². The van der Waals surface area contributed by atoms with Crippen molar-refractivity contribution in [3.8, 4) is 0 Å². The molecular weight excluding hydrogens is 198 g/mol. The van der Waals surface area contributed by atoms with Gasteiger partial charge in [0, 0.05) is 0 Å². The van der Waals surface area contributed by atoms with Crippen molar-refractivity contribution in [1.82, 2.24) is 0 Å². The average molecular weight is 203 g/mol. The zero-order valence-corrected chi connectivity index (χ0v) is 7.97. The Morgan fingerprint density at radius 2 is 1.56 bits per heavy atom. The molecule has 0 aliphatic carbocycles. The minimum Gasteiger partial charge on any atom is -0.210 e. The molecule has 0 N–H and O–H groups in total. The number of rotatable bonds is 3. The summed E-state index contributed by atoms with van der Waals surface area (Å²) in [6.07, 6.45) is 0.783. The summed E-state index contributed by atoms with van der Waals surface area (Å²) < 4.78 is 0. The SMILES string of the molecule is CCB(Cl)B(Cl)B(Cl)Cl. The van der Waals surface area contributed by atoms with Crippen molar-refractivity contribution in [2.24, 2.45) is 0 Å². The van der Waals surface area contributed by atoms with Gasteiger partial charge in [-0.3, -0.25) is 0 Å². The van der Waals surface area contributed by atoms with Crippen molar-refractivity contribution in [3.05, 3.63) is 0 Å². The molecule has 0 heterocycles. The molecule has 0 bridgehead atoms. The molecule has 0 amide bonds. The first kappa shape index (κ1) is 10.4. The molecule has 0 radical (unpaired) electrons. The summed E-state index contributed by atoms with van der Waals surface area (Å²) in [7, 11) is 0. The normalized spacial score (nSPS) is 9.00. The van der Waals surface area contributed by atoms with Gasteiger partial charge in [0.2, 0.25) is 11.9 Å². The molecule has 0 unspecified atom stereocenters. The lowest BCUT2D eigenvalue weighted by Gasteiger charge is -2.04. The Labute approximate surface area is 76.4 Å². The molecular formula is C2H5B3Cl4. The summed E-state index contributed by atoms with van der Waals surface area (Å²) in [5.41, 5.74) is -0.575. The van der Waals surface area contributed by atoms with Crippen molar-refractivity contribution in [3.63, 3.8) is 0 Å². The zero-order valence-electron chi connectivity index (χ0n) is 4.95. The molecule has 0 rings (SSSR count). The van der Waals surface area contributed by atoms with Gasteiger partial charge in [0.05, 0.1) is 0 Å². The van der Waals surface area contributed by atoms with Gasteiger partial charge < -0.3 is 0 Å². The van der Waals surface area contributed by atoms with E-state index in [0.29, 0.717) is 0 Å². The molecule has 0 aromatic carbocycles. The second kappa shape index (κ2) is 5.06. The molecule has 0 aromatic rings. The van der Waals surface area contributed by atoms with Crippen molar-refractivity contribution in [2.75, 3.05) is 0 Å². The van der Waals surface area contributed by atoms with Crippen molar-refractivity contribution < 1.29 is 0 Å². The predicted octanol–water partition coefficient (Wildman–Crippen LogP) is 2.59. The van der Waals surface area contributed by atoms with E-state index in [9.17, 15) is 0 Å². The van der Waals surface area contributed by atoms with Crippen molar-refractivity contribution >= 4 is 63.2 Å². The molecule has 50 valence electrons. The number of halogens is 4. The Balaban J connectivity index is 3.58. The maximum atomic E-state index is 5.71. The van der Waals surface area contributed by atoms with Crippen LogP contribution in [0.25, 0.3) is 0 Å². The standard InChI is InChI=1S/C2H5B3Cl4/c1-2-3(6)4(7)5(8)9/h2H2,1H3.